The van der Waals surface area contributed by atoms with E-state index in [4.69, 9.17) is 0 Å². The number of rotatable bonds is 6. The zero-order valence-corrected chi connectivity index (χ0v) is 16.5. The molecule has 1 aliphatic carbocycles. The maximum atomic E-state index is 12.6. The third-order valence-electron chi connectivity index (χ3n) is 6.81. The van der Waals surface area contributed by atoms with Gasteiger partial charge in [0.2, 0.25) is 11.8 Å². The maximum Gasteiger partial charge on any atom is 0.222 e. The molecule has 1 aromatic heterocycles. The van der Waals surface area contributed by atoms with E-state index in [1.165, 1.54) is 12.8 Å². The summed E-state index contributed by atoms with van der Waals surface area (Å²) in [7, 11) is 0. The van der Waals surface area contributed by atoms with Gasteiger partial charge in [0.05, 0.1) is 0 Å². The van der Waals surface area contributed by atoms with Gasteiger partial charge < -0.3 is 14.4 Å². The highest BCUT2D eigenvalue weighted by Gasteiger charge is 2.42. The Morgan fingerprint density at radius 1 is 1.26 bits per heavy atom. The molecule has 0 atom stereocenters. The number of piperidine rings is 2. The highest BCUT2D eigenvalue weighted by molar-refractivity contribution is 5.77. The average molecular weight is 373 g/mol. The fraction of sp³-hybridized carbons (Fsp3) is 0.762. The van der Waals surface area contributed by atoms with Crippen LogP contribution >= 0.6 is 0 Å². The lowest BCUT2D eigenvalue weighted by molar-refractivity contribution is -0.142. The number of carbonyl (C=O) groups excluding carboxylic acids is 2. The van der Waals surface area contributed by atoms with Crippen LogP contribution in [-0.2, 0) is 16.1 Å². The van der Waals surface area contributed by atoms with Crippen molar-refractivity contribution < 1.29 is 9.59 Å². The number of nitrogens with zero attached hydrogens (tertiary/aromatic N) is 4. The molecule has 0 unspecified atom stereocenters. The predicted octanol–water partition coefficient (Wildman–Crippen LogP) is 2.61. The molecule has 2 saturated heterocycles. The Hall–Kier alpha value is -1.85. The molecule has 3 aliphatic rings. The Labute approximate surface area is 161 Å². The first-order chi connectivity index (χ1) is 13.0. The summed E-state index contributed by atoms with van der Waals surface area (Å²) in [6, 6.07) is 0. The third kappa shape index (κ3) is 4.36. The summed E-state index contributed by atoms with van der Waals surface area (Å²) in [5, 5.41) is 0. The lowest BCUT2D eigenvalue weighted by Gasteiger charge is -2.47. The first kappa shape index (κ1) is 18.5. The highest BCUT2D eigenvalue weighted by Crippen LogP contribution is 2.41. The van der Waals surface area contributed by atoms with Gasteiger partial charge in [0, 0.05) is 58.0 Å². The summed E-state index contributed by atoms with van der Waals surface area (Å²) in [5.41, 5.74) is 0.257. The number of carbonyl (C=O) groups is 2. The second-order valence-electron chi connectivity index (χ2n) is 8.87. The molecule has 3 fully saturated rings. The minimum atomic E-state index is 0.257. The Kier molecular flexibility index (Phi) is 5.24. The molecule has 6 nitrogen and oxygen atoms in total. The molecular formula is C21H32N4O2. The SMILES string of the molecule is Cc1nccn1CCCC(=O)N1CCC2(CCC(=O)N(CC3CC3)C2)CC1. The Morgan fingerprint density at radius 3 is 2.70 bits per heavy atom. The van der Waals surface area contributed by atoms with Crippen molar-refractivity contribution >= 4 is 11.8 Å². The zero-order chi connectivity index (χ0) is 18.9. The van der Waals surface area contributed by atoms with Crippen molar-refractivity contribution in [3.8, 4) is 0 Å². The molecule has 1 spiro atoms. The molecule has 1 saturated carbocycles. The first-order valence-electron chi connectivity index (χ1n) is 10.6. The van der Waals surface area contributed by atoms with Crippen molar-refractivity contribution in [3.05, 3.63) is 18.2 Å². The predicted molar refractivity (Wildman–Crippen MR) is 103 cm³/mol. The van der Waals surface area contributed by atoms with E-state index in [-0.39, 0.29) is 11.3 Å². The smallest absolute Gasteiger partial charge is 0.222 e. The van der Waals surface area contributed by atoms with Crippen LogP contribution in [0.1, 0.15) is 57.2 Å². The van der Waals surface area contributed by atoms with E-state index in [1.807, 2.05) is 24.2 Å². The van der Waals surface area contributed by atoms with E-state index >= 15 is 0 Å². The third-order valence-corrected chi connectivity index (χ3v) is 6.81. The van der Waals surface area contributed by atoms with Crippen LogP contribution in [0.5, 0.6) is 0 Å². The van der Waals surface area contributed by atoms with Gasteiger partial charge in [-0.05, 0) is 56.8 Å². The number of imidazole rings is 1. The molecule has 3 heterocycles. The fourth-order valence-corrected chi connectivity index (χ4v) is 4.72. The second kappa shape index (κ2) is 7.64. The van der Waals surface area contributed by atoms with Crippen LogP contribution in [0.2, 0.25) is 0 Å². The lowest BCUT2D eigenvalue weighted by Crippen LogP contribution is -2.52. The lowest BCUT2D eigenvalue weighted by atomic mass is 9.72. The number of hydrogen-bond acceptors (Lipinski definition) is 3. The van der Waals surface area contributed by atoms with Crippen molar-refractivity contribution in [1.82, 2.24) is 19.4 Å². The topological polar surface area (TPSA) is 58.4 Å². The van der Waals surface area contributed by atoms with Crippen molar-refractivity contribution in [1.29, 1.82) is 0 Å². The van der Waals surface area contributed by atoms with E-state index in [0.29, 0.717) is 18.7 Å². The van der Waals surface area contributed by atoms with E-state index in [2.05, 4.69) is 14.5 Å². The molecular weight excluding hydrogens is 340 g/mol. The van der Waals surface area contributed by atoms with E-state index < -0.39 is 0 Å². The molecule has 4 rings (SSSR count). The van der Waals surface area contributed by atoms with Gasteiger partial charge in [-0.3, -0.25) is 9.59 Å². The van der Waals surface area contributed by atoms with E-state index in [0.717, 1.165) is 70.1 Å². The molecule has 6 heteroatoms. The van der Waals surface area contributed by atoms with Gasteiger partial charge >= 0.3 is 0 Å². The molecule has 0 N–H and O–H groups in total. The number of hydrogen-bond donors (Lipinski definition) is 0. The largest absolute Gasteiger partial charge is 0.343 e. The molecule has 1 aromatic rings. The Bertz CT molecular complexity index is 686. The van der Waals surface area contributed by atoms with Crippen LogP contribution < -0.4 is 0 Å². The monoisotopic (exact) mass is 372 g/mol. The molecule has 27 heavy (non-hydrogen) atoms. The molecule has 2 amide bonds. The Morgan fingerprint density at radius 2 is 2.04 bits per heavy atom. The quantitative estimate of drug-likeness (QED) is 0.771. The van der Waals surface area contributed by atoms with Crippen LogP contribution in [0.15, 0.2) is 12.4 Å². The summed E-state index contributed by atoms with van der Waals surface area (Å²) >= 11 is 0. The van der Waals surface area contributed by atoms with Crippen molar-refractivity contribution in [3.63, 3.8) is 0 Å². The van der Waals surface area contributed by atoms with Gasteiger partial charge in [-0.2, -0.15) is 0 Å². The number of aromatic nitrogens is 2. The van der Waals surface area contributed by atoms with Crippen LogP contribution in [0.4, 0.5) is 0 Å². The average Bonchev–Trinajstić information content (AvgIpc) is 3.39. The minimum absolute atomic E-state index is 0.257. The van der Waals surface area contributed by atoms with Crippen LogP contribution in [0.25, 0.3) is 0 Å². The standard InChI is InChI=1S/C21H32N4O2/c1-17-22-10-14-23(17)11-2-3-19(26)24-12-8-21(9-13-24)7-6-20(27)25(16-21)15-18-4-5-18/h10,14,18H,2-9,11-13,15-16H2,1H3. The molecule has 2 aliphatic heterocycles. The molecule has 0 bridgehead atoms. The molecule has 0 aromatic carbocycles. The zero-order valence-electron chi connectivity index (χ0n) is 16.5. The van der Waals surface area contributed by atoms with Crippen molar-refractivity contribution in [2.75, 3.05) is 26.2 Å². The normalized spacial score (nSPS) is 22.5. The van der Waals surface area contributed by atoms with Crippen LogP contribution in [0.3, 0.4) is 0 Å². The van der Waals surface area contributed by atoms with E-state index in [9.17, 15) is 9.59 Å². The van der Waals surface area contributed by atoms with Gasteiger partial charge in [-0.15, -0.1) is 0 Å². The van der Waals surface area contributed by atoms with Gasteiger partial charge in [-0.1, -0.05) is 0 Å². The first-order valence-corrected chi connectivity index (χ1v) is 10.6. The maximum absolute atomic E-state index is 12.6. The second-order valence-corrected chi connectivity index (χ2v) is 8.87. The fourth-order valence-electron chi connectivity index (χ4n) is 4.72. The molecule has 0 radical (unpaired) electrons. The summed E-state index contributed by atoms with van der Waals surface area (Å²) in [6.07, 6.45) is 11.6. The van der Waals surface area contributed by atoms with Gasteiger partial charge in [0.1, 0.15) is 5.82 Å². The summed E-state index contributed by atoms with van der Waals surface area (Å²) in [4.78, 5) is 33.2. The van der Waals surface area contributed by atoms with E-state index in [1.54, 1.807) is 0 Å². The number of likely N-dealkylation sites (tertiary alicyclic amines) is 2. The van der Waals surface area contributed by atoms with Crippen molar-refractivity contribution in [2.24, 2.45) is 11.3 Å². The number of amides is 2. The van der Waals surface area contributed by atoms with Gasteiger partial charge in [0.15, 0.2) is 0 Å². The van der Waals surface area contributed by atoms with Crippen LogP contribution in [-0.4, -0.2) is 57.3 Å². The van der Waals surface area contributed by atoms with Gasteiger partial charge in [-0.25, -0.2) is 4.98 Å². The molecule has 148 valence electrons. The highest BCUT2D eigenvalue weighted by atomic mass is 16.2. The van der Waals surface area contributed by atoms with Crippen molar-refractivity contribution in [2.45, 2.75) is 64.8 Å². The number of aryl methyl sites for hydroxylation is 2. The summed E-state index contributed by atoms with van der Waals surface area (Å²) in [5.74, 6) is 2.39. The summed E-state index contributed by atoms with van der Waals surface area (Å²) in [6.45, 7) is 6.45. The van der Waals surface area contributed by atoms with Crippen LogP contribution in [0, 0.1) is 18.3 Å². The Balaban J connectivity index is 1.23. The van der Waals surface area contributed by atoms with Gasteiger partial charge in [0.25, 0.3) is 0 Å². The minimum Gasteiger partial charge on any atom is -0.343 e. The summed E-state index contributed by atoms with van der Waals surface area (Å²) < 4.78 is 2.10.